The first-order chi connectivity index (χ1) is 10.0. The van der Waals surface area contributed by atoms with E-state index in [9.17, 15) is 9.59 Å². The molecule has 0 heterocycles. The zero-order valence-corrected chi connectivity index (χ0v) is 12.1. The first-order valence-electron chi connectivity index (χ1n) is 7.00. The van der Waals surface area contributed by atoms with Crippen molar-refractivity contribution in [3.8, 4) is 0 Å². The Hall–Kier alpha value is -2.14. The third-order valence-corrected chi connectivity index (χ3v) is 3.73. The average molecular weight is 288 g/mol. The second-order valence-corrected chi connectivity index (χ2v) is 5.30. The number of amides is 1. The molecule has 2 rings (SSSR count). The molecule has 0 unspecified atom stereocenters. The van der Waals surface area contributed by atoms with E-state index in [-0.39, 0.29) is 5.91 Å². The second-order valence-electron chi connectivity index (χ2n) is 5.30. The van der Waals surface area contributed by atoms with Gasteiger partial charge in [-0.3, -0.25) is 4.79 Å². The van der Waals surface area contributed by atoms with Gasteiger partial charge < -0.3 is 15.8 Å². The van der Waals surface area contributed by atoms with Gasteiger partial charge in [0.1, 0.15) is 0 Å². The number of nitrogens with two attached hydrogens (primary N) is 1. The fourth-order valence-electron chi connectivity index (χ4n) is 2.40. The predicted molar refractivity (Wildman–Crippen MR) is 81.5 cm³/mol. The van der Waals surface area contributed by atoms with Crippen LogP contribution in [0, 0.1) is 0 Å². The van der Waals surface area contributed by atoms with Crippen LogP contribution in [0.1, 0.15) is 31.2 Å². The summed E-state index contributed by atoms with van der Waals surface area (Å²) in [4.78, 5) is 23.2. The van der Waals surface area contributed by atoms with Crippen molar-refractivity contribution in [3.63, 3.8) is 0 Å². The molecule has 0 atom stereocenters. The van der Waals surface area contributed by atoms with Gasteiger partial charge in [0, 0.05) is 11.8 Å². The van der Waals surface area contributed by atoms with E-state index in [1.807, 2.05) is 12.1 Å². The first kappa shape index (κ1) is 15.3. The molecular weight excluding hydrogens is 268 g/mol. The lowest BCUT2D eigenvalue weighted by atomic mass is 9.98. The van der Waals surface area contributed by atoms with Crippen molar-refractivity contribution in [2.45, 2.75) is 31.2 Å². The van der Waals surface area contributed by atoms with Crippen LogP contribution in [0.3, 0.4) is 0 Å². The van der Waals surface area contributed by atoms with Crippen LogP contribution in [0.4, 0.5) is 5.69 Å². The maximum absolute atomic E-state index is 12.2. The molecule has 1 aromatic rings. The molecule has 3 N–H and O–H groups in total. The standard InChI is InChI=1S/C16H20N2O3/c1-21-14(19)9-6-12-4-7-13(8-5-12)18-15(20)16(17)10-2-3-11-16/h4-9H,2-3,10-11,17H2,1H3,(H,18,20). The lowest BCUT2D eigenvalue weighted by Crippen LogP contribution is -2.48. The van der Waals surface area contributed by atoms with Crippen molar-refractivity contribution in [1.29, 1.82) is 0 Å². The van der Waals surface area contributed by atoms with Gasteiger partial charge in [-0.25, -0.2) is 4.79 Å². The van der Waals surface area contributed by atoms with Gasteiger partial charge in [0.15, 0.2) is 0 Å². The zero-order valence-electron chi connectivity index (χ0n) is 12.1. The Balaban J connectivity index is 1.98. The number of hydrogen-bond acceptors (Lipinski definition) is 4. The van der Waals surface area contributed by atoms with Gasteiger partial charge in [-0.05, 0) is 36.6 Å². The summed E-state index contributed by atoms with van der Waals surface area (Å²) in [6.07, 6.45) is 6.47. The Kier molecular flexibility index (Phi) is 4.75. The smallest absolute Gasteiger partial charge is 0.330 e. The number of hydrogen-bond donors (Lipinski definition) is 2. The maximum Gasteiger partial charge on any atom is 0.330 e. The second kappa shape index (κ2) is 6.54. The molecule has 1 saturated carbocycles. The van der Waals surface area contributed by atoms with E-state index in [2.05, 4.69) is 10.1 Å². The van der Waals surface area contributed by atoms with E-state index in [0.29, 0.717) is 5.69 Å². The third-order valence-electron chi connectivity index (χ3n) is 3.73. The van der Waals surface area contributed by atoms with Crippen molar-refractivity contribution < 1.29 is 14.3 Å². The third kappa shape index (κ3) is 3.92. The molecule has 1 amide bonds. The van der Waals surface area contributed by atoms with E-state index >= 15 is 0 Å². The normalized spacial score (nSPS) is 16.9. The van der Waals surface area contributed by atoms with Crippen LogP contribution < -0.4 is 11.1 Å². The molecule has 1 aliphatic carbocycles. The molecule has 1 fully saturated rings. The van der Waals surface area contributed by atoms with Gasteiger partial charge in [0.25, 0.3) is 0 Å². The molecule has 1 aromatic carbocycles. The number of methoxy groups -OCH3 is 1. The summed E-state index contributed by atoms with van der Waals surface area (Å²) in [7, 11) is 1.33. The van der Waals surface area contributed by atoms with E-state index in [4.69, 9.17) is 5.73 Å². The van der Waals surface area contributed by atoms with Gasteiger partial charge >= 0.3 is 5.97 Å². The monoisotopic (exact) mass is 288 g/mol. The van der Waals surface area contributed by atoms with E-state index in [1.54, 1.807) is 18.2 Å². The highest BCUT2D eigenvalue weighted by atomic mass is 16.5. The maximum atomic E-state index is 12.2. The van der Waals surface area contributed by atoms with Crippen LogP contribution in [-0.2, 0) is 14.3 Å². The zero-order chi connectivity index (χ0) is 15.3. The van der Waals surface area contributed by atoms with Crippen LogP contribution in [0.25, 0.3) is 6.08 Å². The van der Waals surface area contributed by atoms with Crippen molar-refractivity contribution in [1.82, 2.24) is 0 Å². The quantitative estimate of drug-likeness (QED) is 0.656. The Morgan fingerprint density at radius 1 is 1.24 bits per heavy atom. The van der Waals surface area contributed by atoms with Gasteiger partial charge in [-0.1, -0.05) is 25.0 Å². The summed E-state index contributed by atoms with van der Waals surface area (Å²) in [5.41, 5.74) is 6.92. The van der Waals surface area contributed by atoms with Gasteiger partial charge in [-0.2, -0.15) is 0 Å². The summed E-state index contributed by atoms with van der Waals surface area (Å²) in [6.45, 7) is 0. The summed E-state index contributed by atoms with van der Waals surface area (Å²) >= 11 is 0. The highest BCUT2D eigenvalue weighted by Gasteiger charge is 2.36. The summed E-state index contributed by atoms with van der Waals surface area (Å²) in [5.74, 6) is -0.531. The SMILES string of the molecule is COC(=O)C=Cc1ccc(NC(=O)C2(N)CCCC2)cc1. The summed E-state index contributed by atoms with van der Waals surface area (Å²) in [5, 5.41) is 2.85. The van der Waals surface area contributed by atoms with Crippen molar-refractivity contribution in [2.24, 2.45) is 5.73 Å². The molecule has 0 spiro atoms. The highest BCUT2D eigenvalue weighted by molar-refractivity contribution is 5.98. The number of carbonyl (C=O) groups excluding carboxylic acids is 2. The summed E-state index contributed by atoms with van der Waals surface area (Å²) < 4.78 is 4.52. The topological polar surface area (TPSA) is 81.4 Å². The lowest BCUT2D eigenvalue weighted by molar-refractivity contribution is -0.134. The van der Waals surface area contributed by atoms with Crippen LogP contribution >= 0.6 is 0 Å². The van der Waals surface area contributed by atoms with Crippen molar-refractivity contribution in [2.75, 3.05) is 12.4 Å². The van der Waals surface area contributed by atoms with Crippen molar-refractivity contribution in [3.05, 3.63) is 35.9 Å². The van der Waals surface area contributed by atoms with E-state index in [1.165, 1.54) is 13.2 Å². The minimum Gasteiger partial charge on any atom is -0.466 e. The molecule has 0 aliphatic heterocycles. The first-order valence-corrected chi connectivity index (χ1v) is 7.00. The predicted octanol–water partition coefficient (Wildman–Crippen LogP) is 2.08. The van der Waals surface area contributed by atoms with Gasteiger partial charge in [0.05, 0.1) is 12.6 Å². The molecule has 1 aliphatic rings. The van der Waals surface area contributed by atoms with Crippen LogP contribution in [-0.4, -0.2) is 24.5 Å². The Morgan fingerprint density at radius 2 is 1.86 bits per heavy atom. The Morgan fingerprint density at radius 3 is 2.43 bits per heavy atom. The number of rotatable bonds is 4. The highest BCUT2D eigenvalue weighted by Crippen LogP contribution is 2.28. The van der Waals surface area contributed by atoms with Crippen LogP contribution in [0.15, 0.2) is 30.3 Å². The number of anilines is 1. The molecule has 21 heavy (non-hydrogen) atoms. The number of carbonyl (C=O) groups is 2. The van der Waals surface area contributed by atoms with Gasteiger partial charge in [-0.15, -0.1) is 0 Å². The summed E-state index contributed by atoms with van der Waals surface area (Å²) in [6, 6.07) is 7.19. The Bertz CT molecular complexity index is 543. The fourth-order valence-corrected chi connectivity index (χ4v) is 2.40. The lowest BCUT2D eigenvalue weighted by Gasteiger charge is -2.22. The Labute approximate surface area is 124 Å². The van der Waals surface area contributed by atoms with E-state index in [0.717, 1.165) is 31.2 Å². The minimum absolute atomic E-state index is 0.127. The molecule has 5 nitrogen and oxygen atoms in total. The molecular formula is C16H20N2O3. The van der Waals surface area contributed by atoms with Gasteiger partial charge in [0.2, 0.25) is 5.91 Å². The molecule has 112 valence electrons. The average Bonchev–Trinajstić information content (AvgIpc) is 2.94. The molecule has 0 aromatic heterocycles. The number of ether oxygens (including phenoxy) is 1. The molecule has 0 bridgehead atoms. The largest absolute Gasteiger partial charge is 0.466 e. The van der Waals surface area contributed by atoms with E-state index < -0.39 is 11.5 Å². The fraction of sp³-hybridized carbons (Fsp3) is 0.375. The molecule has 0 radical (unpaired) electrons. The van der Waals surface area contributed by atoms with Crippen LogP contribution in [0.2, 0.25) is 0 Å². The minimum atomic E-state index is -0.733. The number of esters is 1. The van der Waals surface area contributed by atoms with Crippen molar-refractivity contribution >= 4 is 23.6 Å². The molecule has 5 heteroatoms. The number of nitrogens with one attached hydrogen (secondary N) is 1. The van der Waals surface area contributed by atoms with Crippen LogP contribution in [0.5, 0.6) is 0 Å². The molecule has 0 saturated heterocycles. The number of benzene rings is 1.